The Morgan fingerprint density at radius 1 is 1.09 bits per heavy atom. The lowest BCUT2D eigenvalue weighted by Crippen LogP contribution is -2.38. The van der Waals surface area contributed by atoms with Gasteiger partial charge in [-0.1, -0.05) is 0 Å². The standard InChI is InChI=1S/C22H31FN4O4S/c1-15-13-17(14-16(2)21(15)23)25-20(22(28)26-29)7-5-6-12-24-32(30,31)19-10-8-18(9-11-19)27(3)4/h8-11,13-14,20,24-25,29H,5-7,12H2,1-4H3,(H,26,28)/t20-/m1/s1. The van der Waals surface area contributed by atoms with Crippen molar-refractivity contribution in [3.8, 4) is 0 Å². The number of sulfonamides is 1. The van der Waals surface area contributed by atoms with E-state index < -0.39 is 22.0 Å². The molecule has 8 nitrogen and oxygen atoms in total. The highest BCUT2D eigenvalue weighted by Crippen LogP contribution is 2.20. The summed E-state index contributed by atoms with van der Waals surface area (Å²) in [5.74, 6) is -0.923. The lowest BCUT2D eigenvalue weighted by molar-refractivity contribution is -0.130. The van der Waals surface area contributed by atoms with Crippen molar-refractivity contribution in [3.05, 3.63) is 53.3 Å². The van der Waals surface area contributed by atoms with E-state index in [0.717, 1.165) is 5.69 Å². The molecule has 0 aliphatic heterocycles. The minimum Gasteiger partial charge on any atom is -0.378 e. The van der Waals surface area contributed by atoms with Crippen LogP contribution >= 0.6 is 0 Å². The normalized spacial score (nSPS) is 12.3. The summed E-state index contributed by atoms with van der Waals surface area (Å²) in [5.41, 5.74) is 4.00. The average Bonchev–Trinajstić information content (AvgIpc) is 2.75. The van der Waals surface area contributed by atoms with Crippen molar-refractivity contribution in [2.24, 2.45) is 0 Å². The number of aryl methyl sites for hydroxylation is 2. The number of unbranched alkanes of at least 4 members (excludes halogenated alkanes) is 1. The number of nitrogens with zero attached hydrogens (tertiary/aromatic N) is 1. The molecule has 0 saturated carbocycles. The zero-order valence-corrected chi connectivity index (χ0v) is 19.6. The molecular formula is C22H31FN4O4S. The first-order chi connectivity index (χ1) is 15.0. The summed E-state index contributed by atoms with van der Waals surface area (Å²) in [5, 5.41) is 12.0. The van der Waals surface area contributed by atoms with Crippen LogP contribution in [-0.4, -0.2) is 46.2 Å². The summed E-state index contributed by atoms with van der Waals surface area (Å²) in [6, 6.07) is 9.00. The topological polar surface area (TPSA) is 111 Å². The Labute approximate surface area is 188 Å². The van der Waals surface area contributed by atoms with E-state index in [1.807, 2.05) is 19.0 Å². The maximum atomic E-state index is 13.8. The van der Waals surface area contributed by atoms with E-state index in [-0.39, 0.29) is 17.3 Å². The molecule has 0 heterocycles. The van der Waals surface area contributed by atoms with Gasteiger partial charge >= 0.3 is 0 Å². The van der Waals surface area contributed by atoms with Crippen molar-refractivity contribution in [2.45, 2.75) is 44.0 Å². The van der Waals surface area contributed by atoms with Crippen molar-refractivity contribution in [1.29, 1.82) is 0 Å². The quantitative estimate of drug-likeness (QED) is 0.230. The molecule has 32 heavy (non-hydrogen) atoms. The van der Waals surface area contributed by atoms with Crippen molar-refractivity contribution < 1.29 is 22.8 Å². The third-order valence-electron chi connectivity index (χ3n) is 5.08. The SMILES string of the molecule is Cc1cc(N[C@H](CCCCNS(=O)(=O)c2ccc(N(C)C)cc2)C(=O)NO)cc(C)c1F. The summed E-state index contributed by atoms with van der Waals surface area (Å²) < 4.78 is 41.3. The second kappa shape index (κ2) is 11.3. The molecule has 0 aromatic heterocycles. The van der Waals surface area contributed by atoms with E-state index in [1.54, 1.807) is 55.7 Å². The molecule has 10 heteroatoms. The number of hydrogen-bond acceptors (Lipinski definition) is 6. The lowest BCUT2D eigenvalue weighted by Gasteiger charge is -2.19. The number of halogens is 1. The van der Waals surface area contributed by atoms with Crippen LogP contribution in [0.1, 0.15) is 30.4 Å². The Hall–Kier alpha value is -2.69. The summed E-state index contributed by atoms with van der Waals surface area (Å²) in [7, 11) is 0.123. The molecule has 2 rings (SSSR count). The lowest BCUT2D eigenvalue weighted by atomic mass is 10.1. The zero-order valence-electron chi connectivity index (χ0n) is 18.8. The van der Waals surface area contributed by atoms with Gasteiger partial charge in [0.15, 0.2) is 0 Å². The van der Waals surface area contributed by atoms with E-state index in [9.17, 15) is 17.6 Å². The molecule has 0 bridgehead atoms. The number of carbonyl (C=O) groups is 1. The number of carbonyl (C=O) groups excluding carboxylic acids is 1. The van der Waals surface area contributed by atoms with Gasteiger partial charge in [0.25, 0.3) is 5.91 Å². The van der Waals surface area contributed by atoms with Crippen molar-refractivity contribution in [2.75, 3.05) is 30.9 Å². The number of anilines is 2. The third kappa shape index (κ3) is 6.91. The summed E-state index contributed by atoms with van der Waals surface area (Å²) in [4.78, 5) is 14.1. The highest BCUT2D eigenvalue weighted by Gasteiger charge is 2.19. The molecule has 0 aliphatic carbocycles. The highest BCUT2D eigenvalue weighted by molar-refractivity contribution is 7.89. The van der Waals surface area contributed by atoms with Gasteiger partial charge in [0.2, 0.25) is 10.0 Å². The van der Waals surface area contributed by atoms with Gasteiger partial charge in [-0.05, 0) is 80.6 Å². The third-order valence-corrected chi connectivity index (χ3v) is 6.56. The molecule has 1 amide bonds. The fourth-order valence-electron chi connectivity index (χ4n) is 3.26. The van der Waals surface area contributed by atoms with Crippen LogP contribution in [0.5, 0.6) is 0 Å². The predicted molar refractivity (Wildman–Crippen MR) is 123 cm³/mol. The zero-order chi connectivity index (χ0) is 23.9. The Morgan fingerprint density at radius 3 is 2.22 bits per heavy atom. The van der Waals surface area contributed by atoms with Crippen LogP contribution in [0, 0.1) is 19.7 Å². The van der Waals surface area contributed by atoms with Gasteiger partial charge in [0.05, 0.1) is 4.90 Å². The van der Waals surface area contributed by atoms with E-state index in [4.69, 9.17) is 5.21 Å². The molecule has 1 atom stereocenters. The van der Waals surface area contributed by atoms with Crippen molar-refractivity contribution >= 4 is 27.3 Å². The van der Waals surface area contributed by atoms with Gasteiger partial charge in [-0.3, -0.25) is 10.0 Å². The molecule has 176 valence electrons. The maximum Gasteiger partial charge on any atom is 0.265 e. The number of amides is 1. The fraction of sp³-hybridized carbons (Fsp3) is 0.409. The second-order valence-electron chi connectivity index (χ2n) is 7.88. The molecule has 4 N–H and O–H groups in total. The first-order valence-corrected chi connectivity index (χ1v) is 11.8. The number of benzene rings is 2. The molecule has 2 aromatic carbocycles. The summed E-state index contributed by atoms with van der Waals surface area (Å²) in [6.45, 7) is 3.48. The molecular weight excluding hydrogens is 435 g/mol. The summed E-state index contributed by atoms with van der Waals surface area (Å²) >= 11 is 0. The van der Waals surface area contributed by atoms with E-state index in [2.05, 4.69) is 10.0 Å². The number of hydrogen-bond donors (Lipinski definition) is 4. The van der Waals surface area contributed by atoms with Crippen LogP contribution < -0.4 is 20.4 Å². The van der Waals surface area contributed by atoms with Gasteiger partial charge < -0.3 is 10.2 Å². The maximum absolute atomic E-state index is 13.8. The van der Waals surface area contributed by atoms with Gasteiger partial charge in [-0.25, -0.2) is 23.0 Å². The molecule has 0 fully saturated rings. The van der Waals surface area contributed by atoms with Gasteiger partial charge in [0, 0.05) is 32.0 Å². The molecule has 0 spiro atoms. The monoisotopic (exact) mass is 466 g/mol. The van der Waals surface area contributed by atoms with Gasteiger partial charge in [-0.2, -0.15) is 0 Å². The van der Waals surface area contributed by atoms with Crippen LogP contribution in [0.4, 0.5) is 15.8 Å². The Kier molecular flexibility index (Phi) is 8.99. The molecule has 0 unspecified atom stereocenters. The van der Waals surface area contributed by atoms with Crippen LogP contribution in [0.25, 0.3) is 0 Å². The first kappa shape index (κ1) is 25.6. The number of nitrogens with one attached hydrogen (secondary N) is 3. The second-order valence-corrected chi connectivity index (χ2v) is 9.65. The van der Waals surface area contributed by atoms with E-state index in [1.165, 1.54) is 0 Å². The smallest absolute Gasteiger partial charge is 0.265 e. The molecule has 2 aromatic rings. The van der Waals surface area contributed by atoms with Gasteiger partial charge in [-0.15, -0.1) is 0 Å². The fourth-order valence-corrected chi connectivity index (χ4v) is 4.34. The average molecular weight is 467 g/mol. The Balaban J connectivity index is 1.89. The first-order valence-electron chi connectivity index (χ1n) is 10.3. The van der Waals surface area contributed by atoms with Crippen LogP contribution in [-0.2, 0) is 14.8 Å². The molecule has 0 radical (unpaired) electrons. The highest BCUT2D eigenvalue weighted by atomic mass is 32.2. The number of rotatable bonds is 11. The van der Waals surface area contributed by atoms with E-state index >= 15 is 0 Å². The minimum atomic E-state index is -3.63. The van der Waals surface area contributed by atoms with Crippen molar-refractivity contribution in [1.82, 2.24) is 10.2 Å². The summed E-state index contributed by atoms with van der Waals surface area (Å²) in [6.07, 6.45) is 1.36. The Bertz CT molecular complexity index is 1000. The minimum absolute atomic E-state index is 0.185. The van der Waals surface area contributed by atoms with Gasteiger partial charge in [0.1, 0.15) is 11.9 Å². The van der Waals surface area contributed by atoms with Crippen LogP contribution in [0.15, 0.2) is 41.3 Å². The van der Waals surface area contributed by atoms with Crippen LogP contribution in [0.2, 0.25) is 0 Å². The molecule has 0 aliphatic rings. The van der Waals surface area contributed by atoms with Crippen molar-refractivity contribution in [3.63, 3.8) is 0 Å². The number of hydroxylamine groups is 1. The predicted octanol–water partition coefficient (Wildman–Crippen LogP) is 2.94. The van der Waals surface area contributed by atoms with E-state index in [0.29, 0.717) is 36.1 Å². The Morgan fingerprint density at radius 2 is 1.69 bits per heavy atom. The molecule has 0 saturated heterocycles. The largest absolute Gasteiger partial charge is 0.378 e. The van der Waals surface area contributed by atoms with Crippen LogP contribution in [0.3, 0.4) is 0 Å².